The maximum absolute atomic E-state index is 12.7. The van der Waals surface area contributed by atoms with E-state index in [1.54, 1.807) is 19.1 Å². The monoisotopic (exact) mass is 420 g/mol. The summed E-state index contributed by atoms with van der Waals surface area (Å²) in [6, 6.07) is 7.48. The first kappa shape index (κ1) is 20.6. The lowest BCUT2D eigenvalue weighted by molar-refractivity contribution is 0.0942. The Morgan fingerprint density at radius 2 is 2.00 bits per heavy atom. The number of halogens is 1. The van der Waals surface area contributed by atoms with E-state index in [9.17, 15) is 4.79 Å². The number of nitrogens with one attached hydrogen (secondary N) is 3. The molecule has 2 aromatic rings. The highest BCUT2D eigenvalue weighted by molar-refractivity contribution is 7.80. The molecule has 1 saturated carbocycles. The molecule has 3 atom stereocenters. The zero-order chi connectivity index (χ0) is 20.3. The quantitative estimate of drug-likeness (QED) is 0.509. The molecule has 3 N–H and O–H groups in total. The Labute approximate surface area is 175 Å². The number of hydrazine groups is 1. The van der Waals surface area contributed by atoms with Crippen molar-refractivity contribution >= 4 is 34.8 Å². The third-order valence-electron chi connectivity index (χ3n) is 5.53. The number of aromatic nitrogens is 1. The number of carbonyl (C=O) groups is 1. The molecule has 0 aliphatic heterocycles. The zero-order valence-corrected chi connectivity index (χ0v) is 17.8. The van der Waals surface area contributed by atoms with E-state index >= 15 is 0 Å². The maximum atomic E-state index is 12.7. The molecule has 6 nitrogen and oxygen atoms in total. The summed E-state index contributed by atoms with van der Waals surface area (Å²) >= 11 is 11.6. The fourth-order valence-electron chi connectivity index (χ4n) is 3.64. The lowest BCUT2D eigenvalue weighted by Crippen LogP contribution is -2.52. The van der Waals surface area contributed by atoms with Crippen LogP contribution in [-0.2, 0) is 0 Å². The molecule has 1 aromatic heterocycles. The number of nitrogens with zero attached hydrogens (tertiary/aromatic N) is 1. The first-order valence-electron chi connectivity index (χ1n) is 9.46. The number of aryl methyl sites for hydroxylation is 1. The van der Waals surface area contributed by atoms with Crippen LogP contribution in [0.4, 0.5) is 0 Å². The standard InChI is InChI=1S/C20H25ClN4O2S/c1-11-7-6-10-16(12(11)2)22-20(28)24-23-19(26)17-13(3)27-25-18(17)14-8-4-5-9-15(14)21/h4-5,8-9,11-12,16H,6-7,10H2,1-3H3,(H,23,26)(H2,22,24,28)/t11-,12-,16-/m0/s1. The third-order valence-corrected chi connectivity index (χ3v) is 6.08. The van der Waals surface area contributed by atoms with Gasteiger partial charge in [0.2, 0.25) is 0 Å². The first-order chi connectivity index (χ1) is 13.4. The van der Waals surface area contributed by atoms with Crippen LogP contribution in [0.2, 0.25) is 5.02 Å². The van der Waals surface area contributed by atoms with E-state index < -0.39 is 0 Å². The van der Waals surface area contributed by atoms with Gasteiger partial charge in [-0.2, -0.15) is 0 Å². The summed E-state index contributed by atoms with van der Waals surface area (Å²) in [5.41, 5.74) is 6.78. The molecule has 1 aliphatic carbocycles. The third kappa shape index (κ3) is 4.47. The molecule has 1 aromatic carbocycles. The average molecular weight is 421 g/mol. The normalized spacial score (nSPS) is 21.8. The summed E-state index contributed by atoms with van der Waals surface area (Å²) in [4.78, 5) is 12.7. The van der Waals surface area contributed by atoms with Gasteiger partial charge >= 0.3 is 0 Å². The van der Waals surface area contributed by atoms with Crippen molar-refractivity contribution < 1.29 is 9.32 Å². The summed E-state index contributed by atoms with van der Waals surface area (Å²) in [6.45, 7) is 6.19. The molecule has 1 fully saturated rings. The molecule has 0 bridgehead atoms. The highest BCUT2D eigenvalue weighted by Gasteiger charge is 2.28. The molecule has 1 aliphatic rings. The van der Waals surface area contributed by atoms with Crippen molar-refractivity contribution in [3.8, 4) is 11.3 Å². The van der Waals surface area contributed by atoms with Gasteiger partial charge in [-0.3, -0.25) is 15.6 Å². The van der Waals surface area contributed by atoms with E-state index in [1.807, 2.05) is 12.1 Å². The summed E-state index contributed by atoms with van der Waals surface area (Å²) in [5, 5.41) is 8.22. The van der Waals surface area contributed by atoms with Gasteiger partial charge in [-0.15, -0.1) is 0 Å². The Hall–Kier alpha value is -2.12. The fraction of sp³-hybridized carbons (Fsp3) is 0.450. The zero-order valence-electron chi connectivity index (χ0n) is 16.2. The van der Waals surface area contributed by atoms with E-state index in [0.717, 1.165) is 6.42 Å². The van der Waals surface area contributed by atoms with Crippen LogP contribution in [0.5, 0.6) is 0 Å². The van der Waals surface area contributed by atoms with Gasteiger partial charge in [0.05, 0.1) is 5.02 Å². The topological polar surface area (TPSA) is 79.2 Å². The number of hydrogen-bond donors (Lipinski definition) is 3. The van der Waals surface area contributed by atoms with Crippen molar-refractivity contribution in [1.29, 1.82) is 0 Å². The number of hydrogen-bond acceptors (Lipinski definition) is 4. The van der Waals surface area contributed by atoms with Gasteiger partial charge in [0, 0.05) is 11.6 Å². The van der Waals surface area contributed by atoms with Crippen molar-refractivity contribution in [1.82, 2.24) is 21.3 Å². The predicted octanol–water partition coefficient (Wildman–Crippen LogP) is 4.24. The van der Waals surface area contributed by atoms with E-state index in [0.29, 0.717) is 50.6 Å². The summed E-state index contributed by atoms with van der Waals surface area (Å²) in [7, 11) is 0. The highest BCUT2D eigenvalue weighted by atomic mass is 35.5. The second-order valence-electron chi connectivity index (χ2n) is 7.37. The van der Waals surface area contributed by atoms with Crippen LogP contribution in [0, 0.1) is 18.8 Å². The SMILES string of the molecule is Cc1onc(-c2ccccc2Cl)c1C(=O)NNC(=S)N[C@H]1CCC[C@H](C)[C@@H]1C. The van der Waals surface area contributed by atoms with E-state index in [4.69, 9.17) is 28.3 Å². The van der Waals surface area contributed by atoms with Gasteiger partial charge < -0.3 is 9.84 Å². The minimum Gasteiger partial charge on any atom is -0.360 e. The molecular weight excluding hydrogens is 396 g/mol. The van der Waals surface area contributed by atoms with Gasteiger partial charge in [0.15, 0.2) is 5.11 Å². The van der Waals surface area contributed by atoms with E-state index in [1.165, 1.54) is 12.8 Å². The van der Waals surface area contributed by atoms with E-state index in [-0.39, 0.29) is 5.91 Å². The second-order valence-corrected chi connectivity index (χ2v) is 8.18. The van der Waals surface area contributed by atoms with Gasteiger partial charge in [-0.25, -0.2) is 0 Å². The van der Waals surface area contributed by atoms with Crippen molar-refractivity contribution in [2.75, 3.05) is 0 Å². The van der Waals surface area contributed by atoms with Crippen LogP contribution in [0.25, 0.3) is 11.3 Å². The fourth-order valence-corrected chi connectivity index (χ4v) is 4.07. The summed E-state index contributed by atoms with van der Waals surface area (Å²) in [6.07, 6.45) is 3.50. The molecule has 3 rings (SSSR count). The number of benzene rings is 1. The molecule has 0 unspecified atom stereocenters. The van der Waals surface area contributed by atoms with Crippen LogP contribution in [-0.4, -0.2) is 22.2 Å². The highest BCUT2D eigenvalue weighted by Crippen LogP contribution is 2.31. The maximum Gasteiger partial charge on any atom is 0.275 e. The van der Waals surface area contributed by atoms with Crippen LogP contribution in [0.3, 0.4) is 0 Å². The number of rotatable bonds is 3. The Balaban J connectivity index is 1.65. The second kappa shape index (κ2) is 8.92. The van der Waals surface area contributed by atoms with Crippen LogP contribution in [0.1, 0.15) is 49.2 Å². The summed E-state index contributed by atoms with van der Waals surface area (Å²) < 4.78 is 5.23. The van der Waals surface area contributed by atoms with E-state index in [2.05, 4.69) is 35.2 Å². The molecular formula is C20H25ClN4O2S. The Kier molecular flexibility index (Phi) is 6.57. The van der Waals surface area contributed by atoms with Crippen molar-refractivity contribution in [2.24, 2.45) is 11.8 Å². The Morgan fingerprint density at radius 3 is 2.75 bits per heavy atom. The molecule has 0 saturated heterocycles. The lowest BCUT2D eigenvalue weighted by atomic mass is 9.78. The van der Waals surface area contributed by atoms with Gasteiger partial charge in [0.1, 0.15) is 17.0 Å². The largest absolute Gasteiger partial charge is 0.360 e. The minimum atomic E-state index is -0.386. The predicted molar refractivity (Wildman–Crippen MR) is 114 cm³/mol. The molecule has 0 radical (unpaired) electrons. The molecule has 150 valence electrons. The smallest absolute Gasteiger partial charge is 0.275 e. The van der Waals surface area contributed by atoms with Gasteiger partial charge in [-0.05, 0) is 43.5 Å². The molecule has 0 spiro atoms. The number of thiocarbonyl (C=S) groups is 1. The summed E-state index contributed by atoms with van der Waals surface area (Å²) in [5.74, 6) is 1.20. The molecule has 28 heavy (non-hydrogen) atoms. The average Bonchev–Trinajstić information content (AvgIpc) is 3.05. The van der Waals surface area contributed by atoms with Crippen LogP contribution < -0.4 is 16.2 Å². The number of carbonyl (C=O) groups excluding carboxylic acids is 1. The lowest BCUT2D eigenvalue weighted by Gasteiger charge is -2.35. The van der Waals surface area contributed by atoms with Crippen molar-refractivity contribution in [2.45, 2.75) is 46.1 Å². The molecule has 1 heterocycles. The molecule has 8 heteroatoms. The van der Waals surface area contributed by atoms with Gasteiger partial charge in [0.25, 0.3) is 5.91 Å². The van der Waals surface area contributed by atoms with Crippen molar-refractivity contribution in [3.05, 3.63) is 40.6 Å². The first-order valence-corrected chi connectivity index (χ1v) is 10.2. The van der Waals surface area contributed by atoms with Crippen LogP contribution in [0.15, 0.2) is 28.8 Å². The van der Waals surface area contributed by atoms with Gasteiger partial charge in [-0.1, -0.05) is 61.6 Å². The number of amides is 1. The Bertz CT molecular complexity index is 870. The Morgan fingerprint density at radius 1 is 1.25 bits per heavy atom. The minimum absolute atomic E-state index is 0.302. The molecule has 1 amide bonds. The van der Waals surface area contributed by atoms with Crippen LogP contribution >= 0.6 is 23.8 Å². The van der Waals surface area contributed by atoms with Crippen molar-refractivity contribution in [3.63, 3.8) is 0 Å².